The molecule has 1 aliphatic heterocycles. The highest BCUT2D eigenvalue weighted by atomic mass is 16.5. The Morgan fingerprint density at radius 1 is 0.400 bits per heavy atom. The molecule has 0 aromatic heterocycles. The second kappa shape index (κ2) is 13.3. The number of nitrogens with zero attached hydrogens (tertiary/aromatic N) is 1. The highest BCUT2D eigenvalue weighted by molar-refractivity contribution is 6.05. The molecule has 4 aliphatic rings. The second-order valence-corrected chi connectivity index (χ2v) is 18.7. The molecule has 0 radical (unpaired) electrons. The molecular formula is C63H43NO. The molecule has 65 heavy (non-hydrogen) atoms. The molecule has 3 aliphatic carbocycles. The van der Waals surface area contributed by atoms with E-state index in [9.17, 15) is 0 Å². The molecule has 10 aromatic rings. The second-order valence-electron chi connectivity index (χ2n) is 18.7. The van der Waals surface area contributed by atoms with Gasteiger partial charge in [0.2, 0.25) is 0 Å². The molecule has 2 nitrogen and oxygen atoms in total. The van der Waals surface area contributed by atoms with E-state index in [1.165, 1.54) is 83.1 Å². The Balaban J connectivity index is 1.04. The van der Waals surface area contributed by atoms with Gasteiger partial charge in [-0.2, -0.15) is 0 Å². The Kier molecular flexibility index (Phi) is 7.47. The quantitative estimate of drug-likeness (QED) is 0.175. The molecule has 0 amide bonds. The van der Waals surface area contributed by atoms with Gasteiger partial charge in [0, 0.05) is 45.5 Å². The summed E-state index contributed by atoms with van der Waals surface area (Å²) in [5, 5.41) is 2.55. The minimum Gasteiger partial charge on any atom is -0.457 e. The Hall–Kier alpha value is -7.94. The lowest BCUT2D eigenvalue weighted by Crippen LogP contribution is -2.36. The third-order valence-electron chi connectivity index (χ3n) is 15.2. The standard InChI is InChI=1S/C63H43NO/c1-62(2)50-26-10-9-24-48(50)61-54(62)29-16-31-56(61)64(41-33-35-44-43-21-6-7-23-46(43)59(49(44)37-41)39-17-4-3-5-18-39)42-34-36-53-58(38-42)65-57-32-13-12-28-52(57)63(53)51-27-11-8-22-45(51)47-25-14-19-40-20-15-30-55(63)60(40)47/h3-38,59H,1-2H3. The third-order valence-corrected chi connectivity index (χ3v) is 15.2. The van der Waals surface area contributed by atoms with Crippen LogP contribution in [0.3, 0.4) is 0 Å². The number of anilines is 3. The van der Waals surface area contributed by atoms with Gasteiger partial charge >= 0.3 is 0 Å². The van der Waals surface area contributed by atoms with Crippen LogP contribution in [-0.4, -0.2) is 0 Å². The van der Waals surface area contributed by atoms with Crippen LogP contribution in [0, 0.1) is 0 Å². The van der Waals surface area contributed by atoms with E-state index in [1.807, 2.05) is 0 Å². The maximum atomic E-state index is 7.21. The van der Waals surface area contributed by atoms with E-state index >= 15 is 0 Å². The van der Waals surface area contributed by atoms with Crippen LogP contribution in [0.15, 0.2) is 218 Å². The summed E-state index contributed by atoms with van der Waals surface area (Å²) in [5.74, 6) is 1.86. The molecule has 14 rings (SSSR count). The van der Waals surface area contributed by atoms with Crippen molar-refractivity contribution in [3.05, 3.63) is 268 Å². The van der Waals surface area contributed by atoms with E-state index in [4.69, 9.17) is 4.74 Å². The smallest absolute Gasteiger partial charge is 0.134 e. The van der Waals surface area contributed by atoms with Gasteiger partial charge in [0.05, 0.1) is 11.1 Å². The minimum absolute atomic E-state index is 0.116. The first-order valence-corrected chi connectivity index (χ1v) is 22.9. The van der Waals surface area contributed by atoms with Gasteiger partial charge < -0.3 is 9.64 Å². The number of rotatable bonds is 4. The Bertz CT molecular complexity index is 3630. The van der Waals surface area contributed by atoms with Gasteiger partial charge in [-0.1, -0.05) is 196 Å². The summed E-state index contributed by atoms with van der Waals surface area (Å²) >= 11 is 0. The predicted octanol–water partition coefficient (Wildman–Crippen LogP) is 16.2. The van der Waals surface area contributed by atoms with Crippen LogP contribution in [0.5, 0.6) is 11.5 Å². The number of benzene rings is 10. The molecule has 0 N–H and O–H groups in total. The summed E-state index contributed by atoms with van der Waals surface area (Å²) in [6.45, 7) is 4.74. The summed E-state index contributed by atoms with van der Waals surface area (Å²) < 4.78 is 7.21. The van der Waals surface area contributed by atoms with Gasteiger partial charge in [-0.25, -0.2) is 0 Å². The van der Waals surface area contributed by atoms with Crippen molar-refractivity contribution < 1.29 is 4.74 Å². The van der Waals surface area contributed by atoms with Gasteiger partial charge in [0.1, 0.15) is 11.5 Å². The summed E-state index contributed by atoms with van der Waals surface area (Å²) in [5.41, 5.74) is 21.8. The molecule has 1 heterocycles. The summed E-state index contributed by atoms with van der Waals surface area (Å²) in [6.07, 6.45) is 0. The van der Waals surface area contributed by atoms with Gasteiger partial charge in [-0.05, 0) is 108 Å². The average molecular weight is 830 g/mol. The van der Waals surface area contributed by atoms with E-state index in [2.05, 4.69) is 237 Å². The number of hydrogen-bond acceptors (Lipinski definition) is 2. The maximum absolute atomic E-state index is 7.21. The molecule has 2 unspecified atom stereocenters. The topological polar surface area (TPSA) is 12.5 Å². The SMILES string of the molecule is CC1(C)c2ccccc2-c2c(N(c3ccc4c(c3)Oc3ccccc3C43c4ccccc4-c4cccc5cccc3c45)c3ccc4c(c3)C(c3ccccc3)c3ccccc3-4)cccc21. The third kappa shape index (κ3) is 4.84. The van der Waals surface area contributed by atoms with Crippen molar-refractivity contribution in [2.75, 3.05) is 4.90 Å². The van der Waals surface area contributed by atoms with Crippen LogP contribution in [0.4, 0.5) is 17.1 Å². The number of hydrogen-bond donors (Lipinski definition) is 0. The van der Waals surface area contributed by atoms with Gasteiger partial charge in [-0.3, -0.25) is 0 Å². The van der Waals surface area contributed by atoms with E-state index in [1.54, 1.807) is 0 Å². The van der Waals surface area contributed by atoms with Crippen LogP contribution in [0.2, 0.25) is 0 Å². The first kappa shape index (κ1) is 36.5. The molecule has 2 heteroatoms. The van der Waals surface area contributed by atoms with Crippen molar-refractivity contribution in [1.29, 1.82) is 0 Å². The van der Waals surface area contributed by atoms with Crippen molar-refractivity contribution >= 4 is 27.8 Å². The van der Waals surface area contributed by atoms with E-state index in [0.717, 1.165) is 39.7 Å². The molecule has 1 spiro atoms. The van der Waals surface area contributed by atoms with E-state index in [0.29, 0.717) is 0 Å². The van der Waals surface area contributed by atoms with Crippen molar-refractivity contribution in [3.63, 3.8) is 0 Å². The monoisotopic (exact) mass is 829 g/mol. The van der Waals surface area contributed by atoms with Crippen molar-refractivity contribution in [2.24, 2.45) is 0 Å². The number of ether oxygens (including phenoxy) is 1. The molecule has 0 saturated heterocycles. The van der Waals surface area contributed by atoms with Gasteiger partial charge in [-0.15, -0.1) is 0 Å². The molecule has 0 saturated carbocycles. The van der Waals surface area contributed by atoms with Crippen molar-refractivity contribution in [3.8, 4) is 44.9 Å². The van der Waals surface area contributed by atoms with Crippen LogP contribution in [-0.2, 0) is 10.8 Å². The fourth-order valence-corrected chi connectivity index (χ4v) is 12.5. The molecule has 0 fully saturated rings. The zero-order valence-corrected chi connectivity index (χ0v) is 36.2. The lowest BCUT2D eigenvalue weighted by molar-refractivity contribution is 0.435. The minimum atomic E-state index is -0.614. The molecular weight excluding hydrogens is 787 g/mol. The Labute approximate surface area is 379 Å². The number of fused-ring (bicyclic) bond motifs is 14. The Morgan fingerprint density at radius 3 is 1.86 bits per heavy atom. The van der Waals surface area contributed by atoms with Crippen molar-refractivity contribution in [2.45, 2.75) is 30.6 Å². The maximum Gasteiger partial charge on any atom is 0.134 e. The van der Waals surface area contributed by atoms with Crippen LogP contribution >= 0.6 is 0 Å². The van der Waals surface area contributed by atoms with E-state index in [-0.39, 0.29) is 11.3 Å². The first-order valence-electron chi connectivity index (χ1n) is 22.9. The largest absolute Gasteiger partial charge is 0.457 e. The Morgan fingerprint density at radius 2 is 1.00 bits per heavy atom. The molecule has 10 aromatic carbocycles. The van der Waals surface area contributed by atoms with E-state index < -0.39 is 5.41 Å². The number of para-hydroxylation sites is 1. The highest BCUT2D eigenvalue weighted by Gasteiger charge is 2.50. The van der Waals surface area contributed by atoms with Crippen LogP contribution < -0.4 is 9.64 Å². The first-order chi connectivity index (χ1) is 32.0. The molecule has 306 valence electrons. The average Bonchev–Trinajstić information content (AvgIpc) is 3.81. The zero-order chi connectivity index (χ0) is 43.0. The van der Waals surface area contributed by atoms with Crippen LogP contribution in [0.25, 0.3) is 44.2 Å². The lowest BCUT2D eigenvalue weighted by Gasteiger charge is -2.45. The summed E-state index contributed by atoms with van der Waals surface area (Å²) in [7, 11) is 0. The lowest BCUT2D eigenvalue weighted by atomic mass is 9.58. The normalized spacial score (nSPS) is 17.2. The fraction of sp³-hybridized carbons (Fsp3) is 0.0794. The van der Waals surface area contributed by atoms with Gasteiger partial charge in [0.15, 0.2) is 0 Å². The summed E-state index contributed by atoms with van der Waals surface area (Å²) in [4.78, 5) is 2.50. The zero-order valence-electron chi connectivity index (χ0n) is 36.2. The molecule has 0 bridgehead atoms. The van der Waals surface area contributed by atoms with Crippen LogP contribution in [0.1, 0.15) is 69.8 Å². The highest BCUT2D eigenvalue weighted by Crippen LogP contribution is 2.62. The van der Waals surface area contributed by atoms with Crippen molar-refractivity contribution in [1.82, 2.24) is 0 Å². The predicted molar refractivity (Wildman–Crippen MR) is 266 cm³/mol. The molecule has 2 atom stereocenters. The van der Waals surface area contributed by atoms with Gasteiger partial charge in [0.25, 0.3) is 0 Å². The summed E-state index contributed by atoms with van der Waals surface area (Å²) in [6, 6.07) is 81.4. The fourth-order valence-electron chi connectivity index (χ4n) is 12.5.